The first-order valence-corrected chi connectivity index (χ1v) is 10.0. The van der Waals surface area contributed by atoms with Crippen LogP contribution in [0.2, 0.25) is 0 Å². The molecule has 3 rings (SSSR count). The van der Waals surface area contributed by atoms with Gasteiger partial charge in [0.2, 0.25) is 0 Å². The van der Waals surface area contributed by atoms with Gasteiger partial charge in [0.05, 0.1) is 11.9 Å². The van der Waals surface area contributed by atoms with Crippen molar-refractivity contribution < 1.29 is 12.9 Å². The summed E-state index contributed by atoms with van der Waals surface area (Å²) >= 11 is 0. The number of pyridine rings is 1. The Hall–Kier alpha value is -2.87. The Kier molecular flexibility index (Phi) is 5.18. The molecular weight excluding hydrogens is 364 g/mol. The van der Waals surface area contributed by atoms with Gasteiger partial charge in [-0.15, -0.1) is 0 Å². The van der Waals surface area contributed by atoms with E-state index in [0.29, 0.717) is 11.6 Å². The van der Waals surface area contributed by atoms with Gasteiger partial charge >= 0.3 is 0 Å². The molecule has 142 valence electrons. The van der Waals surface area contributed by atoms with Crippen LogP contribution in [0, 0.1) is 13.8 Å². The summed E-state index contributed by atoms with van der Waals surface area (Å²) in [6, 6.07) is 11.5. The SMILES string of the molecule is Cc1noc(C)c1S(=O)(=O)Nc1ccc(Nc2ccc(C(C)C)cc2)cn1. The number of aryl methyl sites for hydroxylation is 2. The van der Waals surface area contributed by atoms with Crippen LogP contribution in [0.5, 0.6) is 0 Å². The highest BCUT2D eigenvalue weighted by molar-refractivity contribution is 7.92. The summed E-state index contributed by atoms with van der Waals surface area (Å²) in [7, 11) is -3.81. The first-order chi connectivity index (χ1) is 12.8. The molecule has 7 nitrogen and oxygen atoms in total. The lowest BCUT2D eigenvalue weighted by Gasteiger charge is -2.10. The molecular formula is C19H22N4O3S. The lowest BCUT2D eigenvalue weighted by molar-refractivity contribution is 0.390. The lowest BCUT2D eigenvalue weighted by atomic mass is 10.0. The van der Waals surface area contributed by atoms with E-state index in [0.717, 1.165) is 11.4 Å². The molecule has 27 heavy (non-hydrogen) atoms. The Labute approximate surface area is 158 Å². The zero-order chi connectivity index (χ0) is 19.6. The number of hydrogen-bond acceptors (Lipinski definition) is 6. The molecule has 0 saturated heterocycles. The molecule has 8 heteroatoms. The number of hydrogen-bond donors (Lipinski definition) is 2. The van der Waals surface area contributed by atoms with Crippen LogP contribution in [0.25, 0.3) is 0 Å². The summed E-state index contributed by atoms with van der Waals surface area (Å²) < 4.78 is 32.4. The molecule has 2 N–H and O–H groups in total. The molecule has 0 spiro atoms. The number of anilines is 3. The number of nitrogens with one attached hydrogen (secondary N) is 2. The van der Waals surface area contributed by atoms with Crippen LogP contribution in [0.4, 0.5) is 17.2 Å². The van der Waals surface area contributed by atoms with Crippen molar-refractivity contribution in [3.8, 4) is 0 Å². The highest BCUT2D eigenvalue weighted by Crippen LogP contribution is 2.23. The van der Waals surface area contributed by atoms with E-state index in [1.54, 1.807) is 32.2 Å². The highest BCUT2D eigenvalue weighted by Gasteiger charge is 2.24. The average molecular weight is 386 g/mol. The lowest BCUT2D eigenvalue weighted by Crippen LogP contribution is -2.15. The van der Waals surface area contributed by atoms with E-state index in [2.05, 4.69) is 46.2 Å². The third-order valence-corrected chi connectivity index (χ3v) is 5.70. The number of sulfonamides is 1. The Balaban J connectivity index is 1.72. The molecule has 0 fully saturated rings. The minimum atomic E-state index is -3.81. The van der Waals surface area contributed by atoms with Crippen LogP contribution in [-0.2, 0) is 10.0 Å². The van der Waals surface area contributed by atoms with Gasteiger partial charge in [0, 0.05) is 5.69 Å². The van der Waals surface area contributed by atoms with Crippen LogP contribution in [0.15, 0.2) is 52.0 Å². The summed E-state index contributed by atoms with van der Waals surface area (Å²) in [4.78, 5) is 4.21. The third-order valence-electron chi connectivity index (χ3n) is 4.11. The molecule has 0 aliphatic heterocycles. The van der Waals surface area contributed by atoms with Crippen molar-refractivity contribution in [1.82, 2.24) is 10.1 Å². The largest absolute Gasteiger partial charge is 0.360 e. The van der Waals surface area contributed by atoms with Crippen LogP contribution in [0.3, 0.4) is 0 Å². The second-order valence-corrected chi connectivity index (χ2v) is 8.21. The van der Waals surface area contributed by atoms with Crippen molar-refractivity contribution in [1.29, 1.82) is 0 Å². The second-order valence-electron chi connectivity index (χ2n) is 6.59. The minimum Gasteiger partial charge on any atom is -0.360 e. The smallest absolute Gasteiger partial charge is 0.268 e. The standard InChI is InChI=1S/C19H22N4O3S/c1-12(2)15-5-7-16(8-6-15)21-17-9-10-18(20-11-17)23-27(24,25)19-13(3)22-26-14(19)4/h5-12,21H,1-4H3,(H,20,23). The Morgan fingerprint density at radius 1 is 1.00 bits per heavy atom. The normalized spacial score (nSPS) is 11.6. The van der Waals surface area contributed by atoms with Crippen LogP contribution < -0.4 is 10.0 Å². The minimum absolute atomic E-state index is 0.0387. The van der Waals surface area contributed by atoms with Crippen molar-refractivity contribution in [2.45, 2.75) is 38.5 Å². The topological polar surface area (TPSA) is 97.1 Å². The predicted octanol–water partition coefficient (Wildman–Crippen LogP) is 4.35. The van der Waals surface area contributed by atoms with Gasteiger partial charge in [-0.05, 0) is 49.6 Å². The van der Waals surface area contributed by atoms with E-state index in [4.69, 9.17) is 4.52 Å². The summed E-state index contributed by atoms with van der Waals surface area (Å²) in [5.41, 5.74) is 3.27. The molecule has 0 bridgehead atoms. The number of nitrogens with zero attached hydrogens (tertiary/aromatic N) is 2. The van der Waals surface area contributed by atoms with Crippen molar-refractivity contribution in [3.63, 3.8) is 0 Å². The zero-order valence-corrected chi connectivity index (χ0v) is 16.5. The predicted molar refractivity (Wildman–Crippen MR) is 105 cm³/mol. The van der Waals surface area contributed by atoms with Crippen molar-refractivity contribution in [2.24, 2.45) is 0 Å². The molecule has 0 aliphatic rings. The van der Waals surface area contributed by atoms with Crippen molar-refractivity contribution in [3.05, 3.63) is 59.6 Å². The van der Waals surface area contributed by atoms with E-state index in [1.807, 2.05) is 12.1 Å². The fraction of sp³-hybridized carbons (Fsp3) is 0.263. The van der Waals surface area contributed by atoms with Gasteiger partial charge in [-0.3, -0.25) is 4.72 Å². The van der Waals surface area contributed by atoms with E-state index < -0.39 is 10.0 Å². The van der Waals surface area contributed by atoms with Crippen molar-refractivity contribution in [2.75, 3.05) is 10.0 Å². The molecule has 0 amide bonds. The molecule has 3 aromatic rings. The van der Waals surface area contributed by atoms with Gasteiger partial charge in [-0.1, -0.05) is 31.1 Å². The summed E-state index contributed by atoms with van der Waals surface area (Å²) in [6.45, 7) is 7.43. The summed E-state index contributed by atoms with van der Waals surface area (Å²) in [6.07, 6.45) is 1.57. The van der Waals surface area contributed by atoms with Gasteiger partial charge in [0.25, 0.3) is 10.0 Å². The highest BCUT2D eigenvalue weighted by atomic mass is 32.2. The van der Waals surface area contributed by atoms with Gasteiger partial charge < -0.3 is 9.84 Å². The van der Waals surface area contributed by atoms with E-state index >= 15 is 0 Å². The zero-order valence-electron chi connectivity index (χ0n) is 15.6. The molecule has 2 heterocycles. The monoisotopic (exact) mass is 386 g/mol. The Bertz CT molecular complexity index is 1000. The van der Waals surface area contributed by atoms with Crippen LogP contribution in [0.1, 0.15) is 36.8 Å². The van der Waals surface area contributed by atoms with Crippen LogP contribution >= 0.6 is 0 Å². The van der Waals surface area contributed by atoms with Gasteiger partial charge in [-0.25, -0.2) is 13.4 Å². The maximum absolute atomic E-state index is 12.5. The van der Waals surface area contributed by atoms with Gasteiger partial charge in [-0.2, -0.15) is 0 Å². The molecule has 0 aliphatic carbocycles. The fourth-order valence-electron chi connectivity index (χ4n) is 2.69. The fourth-order valence-corrected chi connectivity index (χ4v) is 4.03. The molecule has 0 radical (unpaired) electrons. The number of aromatic nitrogens is 2. The van der Waals surface area contributed by atoms with E-state index in [9.17, 15) is 8.42 Å². The molecule has 0 saturated carbocycles. The summed E-state index contributed by atoms with van der Waals surface area (Å²) in [5.74, 6) is 0.935. The number of benzene rings is 1. The summed E-state index contributed by atoms with van der Waals surface area (Å²) in [5, 5.41) is 6.92. The second kappa shape index (κ2) is 7.40. The maximum Gasteiger partial charge on any atom is 0.268 e. The first kappa shape index (κ1) is 18.9. The molecule has 1 aromatic carbocycles. The average Bonchev–Trinajstić information content (AvgIpc) is 2.96. The van der Waals surface area contributed by atoms with E-state index in [1.165, 1.54) is 5.56 Å². The van der Waals surface area contributed by atoms with Crippen molar-refractivity contribution >= 4 is 27.2 Å². The third kappa shape index (κ3) is 4.28. The number of rotatable bonds is 6. The maximum atomic E-state index is 12.5. The Morgan fingerprint density at radius 2 is 1.67 bits per heavy atom. The molecule has 0 atom stereocenters. The molecule has 2 aromatic heterocycles. The van der Waals surface area contributed by atoms with Gasteiger partial charge in [0.1, 0.15) is 11.5 Å². The van der Waals surface area contributed by atoms with Crippen LogP contribution in [-0.4, -0.2) is 18.6 Å². The Morgan fingerprint density at radius 3 is 2.19 bits per heavy atom. The van der Waals surface area contributed by atoms with Gasteiger partial charge in [0.15, 0.2) is 10.7 Å². The molecule has 0 unspecified atom stereocenters. The van der Waals surface area contributed by atoms with E-state index in [-0.39, 0.29) is 16.5 Å². The quantitative estimate of drug-likeness (QED) is 0.653. The first-order valence-electron chi connectivity index (χ1n) is 8.55.